The minimum Gasteiger partial charge on any atom is -0.371 e. The van der Waals surface area contributed by atoms with Crippen molar-refractivity contribution in [2.24, 2.45) is 11.7 Å². The predicted octanol–water partition coefficient (Wildman–Crippen LogP) is 2.51. The Kier molecular flexibility index (Phi) is 9.16. The van der Waals surface area contributed by atoms with Crippen LogP contribution in [0.2, 0.25) is 0 Å². The van der Waals surface area contributed by atoms with Crippen LogP contribution in [0.5, 0.6) is 0 Å². The molecule has 3 aliphatic heterocycles. The highest BCUT2D eigenvalue weighted by Gasteiger charge is 2.27. The number of nitrogens with zero attached hydrogens (tertiary/aromatic N) is 5. The number of benzene rings is 1. The van der Waals surface area contributed by atoms with Gasteiger partial charge in [0.15, 0.2) is 11.5 Å². The van der Waals surface area contributed by atoms with Crippen molar-refractivity contribution in [1.29, 1.82) is 0 Å². The molecule has 5 rings (SSSR count). The maximum Gasteiger partial charge on any atom is 0.271 e. The van der Waals surface area contributed by atoms with Crippen molar-refractivity contribution in [2.45, 2.75) is 45.1 Å². The molecule has 5 N–H and O–H groups in total. The molecule has 0 radical (unpaired) electrons. The number of carbonyl (C=O) groups is 1. The molecule has 10 heteroatoms. The lowest BCUT2D eigenvalue weighted by molar-refractivity contribution is 0.0982. The van der Waals surface area contributed by atoms with Crippen LogP contribution in [-0.4, -0.2) is 97.7 Å². The molecule has 1 aromatic heterocycles. The monoisotopic (exact) mass is 535 g/mol. The molecule has 0 saturated carbocycles. The Hall–Kier alpha value is -2.95. The number of primary amides is 1. The highest BCUT2D eigenvalue weighted by molar-refractivity contribution is 5.96. The van der Waals surface area contributed by atoms with Gasteiger partial charge < -0.3 is 31.5 Å². The van der Waals surface area contributed by atoms with E-state index in [0.29, 0.717) is 24.2 Å². The Morgan fingerprint density at radius 1 is 0.974 bits per heavy atom. The number of hydrogen-bond donors (Lipinski definition) is 4. The average molecular weight is 536 g/mol. The summed E-state index contributed by atoms with van der Waals surface area (Å²) >= 11 is 0. The molecule has 3 aliphatic rings. The first-order valence-corrected chi connectivity index (χ1v) is 14.7. The maximum absolute atomic E-state index is 12.3. The molecule has 3 fully saturated rings. The number of nitrogens with one attached hydrogen (secondary N) is 3. The lowest BCUT2D eigenvalue weighted by Crippen LogP contribution is -2.52. The summed E-state index contributed by atoms with van der Waals surface area (Å²) in [5.41, 5.74) is 8.73. The van der Waals surface area contributed by atoms with Gasteiger partial charge >= 0.3 is 0 Å². The molecule has 3 saturated heterocycles. The summed E-state index contributed by atoms with van der Waals surface area (Å²) in [6.45, 7) is 11.8. The first-order valence-electron chi connectivity index (χ1n) is 14.7. The van der Waals surface area contributed by atoms with Gasteiger partial charge in [0, 0.05) is 63.2 Å². The molecule has 212 valence electrons. The zero-order valence-corrected chi connectivity index (χ0v) is 23.6. The van der Waals surface area contributed by atoms with E-state index in [1.165, 1.54) is 44.7 Å². The average Bonchev–Trinajstić information content (AvgIpc) is 2.97. The summed E-state index contributed by atoms with van der Waals surface area (Å²) in [6.07, 6.45) is 5.37. The number of aryl methyl sites for hydroxylation is 1. The third kappa shape index (κ3) is 6.98. The Balaban J connectivity index is 1.22. The molecule has 1 aromatic carbocycles. The SMILES string of the molecule is CCc1nc(C(N)=O)c(Nc2ccc(N3CCC(N4CCN(C)CC4)CC3)cc2)nc1NCC1CCNCC1. The van der Waals surface area contributed by atoms with Gasteiger partial charge in [-0.2, -0.15) is 0 Å². The molecule has 10 nitrogen and oxygen atoms in total. The number of carbonyl (C=O) groups excluding carboxylic acids is 1. The highest BCUT2D eigenvalue weighted by atomic mass is 16.1. The lowest BCUT2D eigenvalue weighted by Gasteiger charge is -2.42. The quantitative estimate of drug-likeness (QED) is 0.385. The van der Waals surface area contributed by atoms with Gasteiger partial charge in [0.1, 0.15) is 5.82 Å². The Morgan fingerprint density at radius 3 is 2.31 bits per heavy atom. The van der Waals surface area contributed by atoms with E-state index in [2.05, 4.69) is 54.8 Å². The summed E-state index contributed by atoms with van der Waals surface area (Å²) in [4.78, 5) is 29.2. The van der Waals surface area contributed by atoms with Gasteiger partial charge in [0.2, 0.25) is 0 Å². The van der Waals surface area contributed by atoms with Crippen molar-refractivity contribution in [2.75, 3.05) is 81.5 Å². The van der Waals surface area contributed by atoms with E-state index in [1.807, 2.05) is 19.1 Å². The van der Waals surface area contributed by atoms with Gasteiger partial charge in [-0.1, -0.05) is 6.92 Å². The van der Waals surface area contributed by atoms with E-state index in [-0.39, 0.29) is 5.69 Å². The zero-order chi connectivity index (χ0) is 27.2. The van der Waals surface area contributed by atoms with E-state index < -0.39 is 5.91 Å². The topological polar surface area (TPSA) is 115 Å². The molecule has 2 aromatic rings. The highest BCUT2D eigenvalue weighted by Crippen LogP contribution is 2.27. The van der Waals surface area contributed by atoms with E-state index in [1.54, 1.807) is 0 Å². The molecule has 0 bridgehead atoms. The smallest absolute Gasteiger partial charge is 0.271 e. The standard InChI is InChI=1S/C29H45N9O/c1-3-25-28(32-20-21-8-12-31-13-9-21)35-29(26(34-25)27(30)39)33-22-4-6-23(7-5-22)37-14-10-24(11-15-37)38-18-16-36(2)17-19-38/h4-7,21,24,31H,3,8-20H2,1-2H3,(H2,30,39)(H2,32,33,35). The summed E-state index contributed by atoms with van der Waals surface area (Å²) < 4.78 is 0. The van der Waals surface area contributed by atoms with Gasteiger partial charge in [-0.05, 0) is 82.4 Å². The molecular formula is C29H45N9O. The second kappa shape index (κ2) is 12.9. The molecular weight excluding hydrogens is 490 g/mol. The fraction of sp³-hybridized carbons (Fsp3) is 0.621. The van der Waals surface area contributed by atoms with Crippen molar-refractivity contribution in [3.63, 3.8) is 0 Å². The first-order chi connectivity index (χ1) is 19.0. The molecule has 0 unspecified atom stereocenters. The third-order valence-electron chi connectivity index (χ3n) is 8.57. The number of rotatable bonds is 9. The number of aromatic nitrogens is 2. The zero-order valence-electron chi connectivity index (χ0n) is 23.6. The van der Waals surface area contributed by atoms with Crippen LogP contribution in [0.1, 0.15) is 48.8 Å². The number of piperazine rings is 1. The van der Waals surface area contributed by atoms with E-state index >= 15 is 0 Å². The lowest BCUT2D eigenvalue weighted by atomic mass is 9.98. The third-order valence-corrected chi connectivity index (χ3v) is 8.57. The fourth-order valence-corrected chi connectivity index (χ4v) is 6.01. The molecule has 4 heterocycles. The van der Waals surface area contributed by atoms with Crippen LogP contribution < -0.4 is 26.6 Å². The van der Waals surface area contributed by atoms with Gasteiger partial charge in [-0.25, -0.2) is 9.97 Å². The van der Waals surface area contributed by atoms with Gasteiger partial charge in [0.05, 0.1) is 5.69 Å². The molecule has 0 atom stereocenters. The second-order valence-corrected chi connectivity index (χ2v) is 11.2. The Morgan fingerprint density at radius 2 is 1.67 bits per heavy atom. The summed E-state index contributed by atoms with van der Waals surface area (Å²) in [5.74, 6) is 1.14. The number of hydrogen-bond acceptors (Lipinski definition) is 9. The van der Waals surface area contributed by atoms with Crippen LogP contribution in [0.3, 0.4) is 0 Å². The minimum absolute atomic E-state index is 0.175. The van der Waals surface area contributed by atoms with Crippen LogP contribution in [0.4, 0.5) is 23.0 Å². The Labute approximate surface area is 232 Å². The van der Waals surface area contributed by atoms with Crippen molar-refractivity contribution < 1.29 is 4.79 Å². The van der Waals surface area contributed by atoms with Crippen molar-refractivity contribution in [1.82, 2.24) is 25.1 Å². The molecule has 39 heavy (non-hydrogen) atoms. The van der Waals surface area contributed by atoms with E-state index in [0.717, 1.165) is 62.8 Å². The number of anilines is 4. The van der Waals surface area contributed by atoms with Crippen LogP contribution >= 0.6 is 0 Å². The van der Waals surface area contributed by atoms with Crippen LogP contribution in [-0.2, 0) is 6.42 Å². The number of piperidine rings is 2. The van der Waals surface area contributed by atoms with Crippen LogP contribution in [0.15, 0.2) is 24.3 Å². The van der Waals surface area contributed by atoms with Crippen LogP contribution in [0, 0.1) is 5.92 Å². The van der Waals surface area contributed by atoms with Crippen molar-refractivity contribution >= 4 is 28.9 Å². The van der Waals surface area contributed by atoms with Gasteiger partial charge in [-0.15, -0.1) is 0 Å². The molecule has 0 aliphatic carbocycles. The van der Waals surface area contributed by atoms with E-state index in [4.69, 9.17) is 10.7 Å². The normalized spacial score (nSPS) is 20.2. The summed E-state index contributed by atoms with van der Waals surface area (Å²) in [5, 5.41) is 10.2. The first kappa shape index (κ1) is 27.6. The summed E-state index contributed by atoms with van der Waals surface area (Å²) in [7, 11) is 2.21. The van der Waals surface area contributed by atoms with Crippen molar-refractivity contribution in [3.8, 4) is 0 Å². The molecule has 0 spiro atoms. The van der Waals surface area contributed by atoms with Gasteiger partial charge in [-0.3, -0.25) is 9.69 Å². The fourth-order valence-electron chi connectivity index (χ4n) is 6.01. The van der Waals surface area contributed by atoms with Crippen molar-refractivity contribution in [3.05, 3.63) is 35.7 Å². The number of likely N-dealkylation sites (N-methyl/N-ethyl adjacent to an activating group) is 1. The number of nitrogens with two attached hydrogens (primary N) is 1. The largest absolute Gasteiger partial charge is 0.371 e. The van der Waals surface area contributed by atoms with Gasteiger partial charge in [0.25, 0.3) is 5.91 Å². The maximum atomic E-state index is 12.3. The van der Waals surface area contributed by atoms with E-state index in [9.17, 15) is 4.79 Å². The minimum atomic E-state index is -0.579. The van der Waals surface area contributed by atoms with Crippen LogP contribution in [0.25, 0.3) is 0 Å². The number of amides is 1. The second-order valence-electron chi connectivity index (χ2n) is 11.2. The predicted molar refractivity (Wildman–Crippen MR) is 158 cm³/mol. The summed E-state index contributed by atoms with van der Waals surface area (Å²) in [6, 6.07) is 9.08. The molecule has 1 amide bonds. The Bertz CT molecular complexity index is 1090.